The number of aromatic nitrogens is 1. The number of nitrogens with zero attached hydrogens (tertiary/aromatic N) is 4. The van der Waals surface area contributed by atoms with Gasteiger partial charge in [0, 0.05) is 50.2 Å². The van der Waals surface area contributed by atoms with E-state index in [0.717, 1.165) is 51.0 Å². The molecular weight excluding hydrogens is 344 g/mol. The molecule has 0 aromatic carbocycles. The van der Waals surface area contributed by atoms with Gasteiger partial charge in [0.05, 0.1) is 6.54 Å². The lowest BCUT2D eigenvalue weighted by Crippen LogP contribution is -2.44. The number of hydrogen-bond donors (Lipinski definition) is 2. The van der Waals surface area contributed by atoms with Crippen molar-refractivity contribution in [1.29, 1.82) is 0 Å². The van der Waals surface area contributed by atoms with Crippen LogP contribution in [-0.4, -0.2) is 73.2 Å². The van der Waals surface area contributed by atoms with E-state index in [0.29, 0.717) is 6.54 Å². The number of thioether (sulfide) groups is 1. The van der Waals surface area contributed by atoms with Crippen LogP contribution in [0.25, 0.3) is 0 Å². The SMILES string of the molecule is CCNC(=NCc1ccnc(N2CCN(C)CC2)c1)NCC(C)(C)SC. The van der Waals surface area contributed by atoms with E-state index in [1.807, 2.05) is 18.0 Å². The Balaban J connectivity index is 1.98. The van der Waals surface area contributed by atoms with Crippen molar-refractivity contribution >= 4 is 23.5 Å². The molecule has 0 amide bonds. The fraction of sp³-hybridized carbons (Fsp3) is 0.684. The van der Waals surface area contributed by atoms with E-state index in [1.54, 1.807) is 0 Å². The average Bonchev–Trinajstić information content (AvgIpc) is 2.65. The molecule has 0 bridgehead atoms. The van der Waals surface area contributed by atoms with Crippen LogP contribution in [0.2, 0.25) is 0 Å². The molecule has 146 valence electrons. The summed E-state index contributed by atoms with van der Waals surface area (Å²) in [4.78, 5) is 14.0. The second-order valence-electron chi connectivity index (χ2n) is 7.33. The minimum Gasteiger partial charge on any atom is -0.357 e. The van der Waals surface area contributed by atoms with Gasteiger partial charge in [0.2, 0.25) is 0 Å². The van der Waals surface area contributed by atoms with Gasteiger partial charge in [-0.3, -0.25) is 0 Å². The summed E-state index contributed by atoms with van der Waals surface area (Å²) in [6.07, 6.45) is 4.04. The van der Waals surface area contributed by atoms with E-state index in [4.69, 9.17) is 4.99 Å². The summed E-state index contributed by atoms with van der Waals surface area (Å²) in [7, 11) is 2.17. The first kappa shape index (κ1) is 20.8. The minimum absolute atomic E-state index is 0.182. The fourth-order valence-corrected chi connectivity index (χ4v) is 2.86. The highest BCUT2D eigenvalue weighted by molar-refractivity contribution is 7.99. The summed E-state index contributed by atoms with van der Waals surface area (Å²) in [5, 5.41) is 6.78. The number of likely N-dealkylation sites (N-methyl/N-ethyl adjacent to an activating group) is 1. The van der Waals surface area contributed by atoms with Crippen LogP contribution in [0.4, 0.5) is 5.82 Å². The van der Waals surface area contributed by atoms with E-state index in [-0.39, 0.29) is 4.75 Å². The van der Waals surface area contributed by atoms with Gasteiger partial charge in [0.15, 0.2) is 5.96 Å². The Morgan fingerprint density at radius 2 is 2.00 bits per heavy atom. The molecule has 1 aliphatic heterocycles. The van der Waals surface area contributed by atoms with Gasteiger partial charge in [-0.25, -0.2) is 9.98 Å². The van der Waals surface area contributed by atoms with Gasteiger partial charge in [0.25, 0.3) is 0 Å². The zero-order valence-electron chi connectivity index (χ0n) is 16.9. The number of nitrogens with one attached hydrogen (secondary N) is 2. The van der Waals surface area contributed by atoms with Gasteiger partial charge in [0.1, 0.15) is 5.82 Å². The number of rotatable bonds is 7. The lowest BCUT2D eigenvalue weighted by molar-refractivity contribution is 0.312. The van der Waals surface area contributed by atoms with E-state index >= 15 is 0 Å². The van der Waals surface area contributed by atoms with Crippen LogP contribution in [0.5, 0.6) is 0 Å². The van der Waals surface area contributed by atoms with Crippen molar-refractivity contribution in [2.75, 3.05) is 57.5 Å². The molecule has 6 nitrogen and oxygen atoms in total. The Kier molecular flexibility index (Phi) is 8.03. The third kappa shape index (κ3) is 6.68. The van der Waals surface area contributed by atoms with Gasteiger partial charge in [-0.1, -0.05) is 0 Å². The highest BCUT2D eigenvalue weighted by Gasteiger charge is 2.17. The number of aliphatic imine (C=N–C) groups is 1. The van der Waals surface area contributed by atoms with E-state index in [1.165, 1.54) is 5.56 Å². The normalized spacial score (nSPS) is 16.7. The van der Waals surface area contributed by atoms with Gasteiger partial charge >= 0.3 is 0 Å². The molecular formula is C19H34N6S. The van der Waals surface area contributed by atoms with Crippen molar-refractivity contribution in [1.82, 2.24) is 20.5 Å². The number of anilines is 1. The summed E-state index contributed by atoms with van der Waals surface area (Å²) in [5.41, 5.74) is 1.19. The van der Waals surface area contributed by atoms with Crippen LogP contribution < -0.4 is 15.5 Å². The van der Waals surface area contributed by atoms with Gasteiger partial charge in [-0.05, 0) is 51.8 Å². The standard InChI is InChI=1S/C19H34N6S/c1-6-20-18(23-15-19(2,3)26-5)22-14-16-7-8-21-17(13-16)25-11-9-24(4)10-12-25/h7-8,13H,6,9-12,14-15H2,1-5H3,(H2,20,22,23). The smallest absolute Gasteiger partial charge is 0.191 e. The Morgan fingerprint density at radius 3 is 2.65 bits per heavy atom. The van der Waals surface area contributed by atoms with Crippen LogP contribution >= 0.6 is 11.8 Å². The number of pyridine rings is 1. The average molecular weight is 379 g/mol. The summed E-state index contributed by atoms with van der Waals surface area (Å²) in [5.74, 6) is 1.93. The lowest BCUT2D eigenvalue weighted by atomic mass is 10.2. The molecule has 0 aliphatic carbocycles. The molecule has 26 heavy (non-hydrogen) atoms. The summed E-state index contributed by atoms with van der Waals surface area (Å²) in [6, 6.07) is 4.22. The Hall–Kier alpha value is -1.47. The van der Waals surface area contributed by atoms with Crippen LogP contribution in [0.15, 0.2) is 23.3 Å². The number of piperazine rings is 1. The van der Waals surface area contributed by atoms with Crippen LogP contribution in [-0.2, 0) is 6.54 Å². The maximum Gasteiger partial charge on any atom is 0.191 e. The molecule has 1 aromatic rings. The molecule has 2 N–H and O–H groups in total. The monoisotopic (exact) mass is 378 g/mol. The number of hydrogen-bond acceptors (Lipinski definition) is 5. The predicted molar refractivity (Wildman–Crippen MR) is 114 cm³/mol. The topological polar surface area (TPSA) is 55.8 Å². The Bertz CT molecular complexity index is 581. The van der Waals surface area contributed by atoms with Crippen LogP contribution in [0.3, 0.4) is 0 Å². The molecule has 1 fully saturated rings. The van der Waals surface area contributed by atoms with Crippen molar-refractivity contribution in [2.45, 2.75) is 32.1 Å². The van der Waals surface area contributed by atoms with E-state index < -0.39 is 0 Å². The zero-order valence-corrected chi connectivity index (χ0v) is 17.7. The van der Waals surface area contributed by atoms with Gasteiger partial charge < -0.3 is 20.4 Å². The molecule has 7 heteroatoms. The predicted octanol–water partition coefficient (Wildman–Crippen LogP) is 2.03. The van der Waals surface area contributed by atoms with Crippen molar-refractivity contribution in [3.8, 4) is 0 Å². The van der Waals surface area contributed by atoms with Crippen molar-refractivity contribution < 1.29 is 0 Å². The van der Waals surface area contributed by atoms with Crippen LogP contribution in [0.1, 0.15) is 26.3 Å². The van der Waals surface area contributed by atoms with Crippen molar-refractivity contribution in [3.05, 3.63) is 23.9 Å². The van der Waals surface area contributed by atoms with Crippen LogP contribution in [0, 0.1) is 0 Å². The molecule has 2 heterocycles. The zero-order chi connectivity index (χ0) is 19.0. The quantitative estimate of drug-likeness (QED) is 0.559. The van der Waals surface area contributed by atoms with Crippen molar-refractivity contribution in [2.24, 2.45) is 4.99 Å². The molecule has 0 atom stereocenters. The lowest BCUT2D eigenvalue weighted by Gasteiger charge is -2.33. The van der Waals surface area contributed by atoms with E-state index in [9.17, 15) is 0 Å². The second kappa shape index (κ2) is 10.0. The Morgan fingerprint density at radius 1 is 1.27 bits per heavy atom. The summed E-state index contributed by atoms with van der Waals surface area (Å²) in [6.45, 7) is 13.2. The first-order chi connectivity index (χ1) is 12.4. The molecule has 0 spiro atoms. The number of guanidine groups is 1. The van der Waals surface area contributed by atoms with Gasteiger partial charge in [-0.2, -0.15) is 11.8 Å². The summed E-state index contributed by atoms with van der Waals surface area (Å²) >= 11 is 1.86. The first-order valence-electron chi connectivity index (χ1n) is 9.39. The molecule has 0 unspecified atom stereocenters. The fourth-order valence-electron chi connectivity index (χ4n) is 2.65. The largest absolute Gasteiger partial charge is 0.357 e. The Labute approximate surface area is 162 Å². The minimum atomic E-state index is 0.182. The molecule has 0 saturated carbocycles. The second-order valence-corrected chi connectivity index (χ2v) is 8.84. The third-order valence-electron chi connectivity index (χ3n) is 4.64. The molecule has 2 rings (SSSR count). The highest BCUT2D eigenvalue weighted by atomic mass is 32.2. The maximum atomic E-state index is 4.75. The third-order valence-corrected chi connectivity index (χ3v) is 5.88. The molecule has 1 aromatic heterocycles. The summed E-state index contributed by atoms with van der Waals surface area (Å²) < 4.78 is 0.182. The molecule has 1 aliphatic rings. The van der Waals surface area contributed by atoms with Gasteiger partial charge in [-0.15, -0.1) is 0 Å². The van der Waals surface area contributed by atoms with Crippen molar-refractivity contribution in [3.63, 3.8) is 0 Å². The molecule has 0 radical (unpaired) electrons. The maximum absolute atomic E-state index is 4.75. The first-order valence-corrected chi connectivity index (χ1v) is 10.6. The van der Waals surface area contributed by atoms with E-state index in [2.05, 4.69) is 71.6 Å². The molecule has 1 saturated heterocycles. The highest BCUT2D eigenvalue weighted by Crippen LogP contribution is 2.19.